The molecule has 2 heterocycles. The Hall–Kier alpha value is -2.55. The van der Waals surface area contributed by atoms with Crippen molar-refractivity contribution in [3.05, 3.63) is 45.9 Å². The molecule has 1 N–H and O–H groups in total. The maximum absolute atomic E-state index is 11.3. The third-order valence-electron chi connectivity index (χ3n) is 2.73. The van der Waals surface area contributed by atoms with Gasteiger partial charge in [0.05, 0.1) is 0 Å². The molecule has 0 fully saturated rings. The van der Waals surface area contributed by atoms with E-state index in [1.54, 1.807) is 6.07 Å². The third kappa shape index (κ3) is 3.22. The average molecular weight is 258 g/mol. The lowest BCUT2D eigenvalue weighted by atomic mass is 10.3. The molecule has 0 amide bonds. The number of furan rings is 1. The number of likely N-dealkylation sites (N-methyl/N-ethyl adjacent to an activating group) is 1. The Morgan fingerprint density at radius 1 is 1.53 bits per heavy atom. The van der Waals surface area contributed by atoms with E-state index < -0.39 is 5.69 Å². The van der Waals surface area contributed by atoms with Gasteiger partial charge in [-0.25, -0.2) is 4.79 Å². The predicted molar refractivity (Wildman–Crippen MR) is 70.0 cm³/mol. The summed E-state index contributed by atoms with van der Waals surface area (Å²) in [6.07, 6.45) is 0.709. The summed E-state index contributed by atoms with van der Waals surface area (Å²) in [5.74, 6) is 2.23. The fraction of sp³-hybridized carbons (Fsp3) is 0.308. The molecule has 0 aliphatic carbocycles. The van der Waals surface area contributed by atoms with Gasteiger partial charge in [0.1, 0.15) is 29.1 Å². The molecule has 98 valence electrons. The van der Waals surface area contributed by atoms with Gasteiger partial charge in [-0.3, -0.25) is 4.98 Å². The van der Waals surface area contributed by atoms with Crippen molar-refractivity contribution >= 4 is 5.82 Å². The van der Waals surface area contributed by atoms with E-state index in [4.69, 9.17) is 9.68 Å². The highest BCUT2D eigenvalue weighted by Crippen LogP contribution is 2.11. The van der Waals surface area contributed by atoms with Crippen LogP contribution in [0.15, 0.2) is 27.4 Å². The van der Waals surface area contributed by atoms with E-state index in [0.717, 1.165) is 11.5 Å². The summed E-state index contributed by atoms with van der Waals surface area (Å²) in [5.41, 5.74) is -0.314. The number of aryl methyl sites for hydroxylation is 1. The van der Waals surface area contributed by atoms with E-state index in [-0.39, 0.29) is 5.69 Å². The minimum atomic E-state index is -0.519. The Morgan fingerprint density at radius 2 is 2.32 bits per heavy atom. The van der Waals surface area contributed by atoms with Gasteiger partial charge < -0.3 is 9.32 Å². The fourth-order valence-corrected chi connectivity index (χ4v) is 1.71. The molecule has 0 atom stereocenters. The molecule has 6 nitrogen and oxygen atoms in total. The van der Waals surface area contributed by atoms with E-state index >= 15 is 0 Å². The number of H-pyrrole nitrogens is 1. The van der Waals surface area contributed by atoms with Crippen LogP contribution in [-0.2, 0) is 6.42 Å². The molecule has 0 saturated heterocycles. The minimum Gasteiger partial charge on any atom is -0.466 e. The van der Waals surface area contributed by atoms with Crippen molar-refractivity contribution in [1.82, 2.24) is 9.97 Å². The van der Waals surface area contributed by atoms with Gasteiger partial charge in [0.15, 0.2) is 0 Å². The van der Waals surface area contributed by atoms with Crippen molar-refractivity contribution < 1.29 is 4.42 Å². The summed E-state index contributed by atoms with van der Waals surface area (Å²) in [4.78, 5) is 19.3. The zero-order valence-electron chi connectivity index (χ0n) is 10.8. The Balaban J connectivity index is 2.07. The van der Waals surface area contributed by atoms with E-state index in [2.05, 4.69) is 9.97 Å². The predicted octanol–water partition coefficient (Wildman–Crippen LogP) is 1.22. The van der Waals surface area contributed by atoms with E-state index in [1.165, 1.54) is 0 Å². The first-order chi connectivity index (χ1) is 9.08. The molecule has 0 bridgehead atoms. The number of anilines is 1. The molecule has 0 unspecified atom stereocenters. The second-order valence-electron chi connectivity index (χ2n) is 4.25. The number of nitriles is 1. The van der Waals surface area contributed by atoms with Gasteiger partial charge in [0.25, 0.3) is 0 Å². The smallest absolute Gasteiger partial charge is 0.347 e. The molecular formula is C13H14N4O2. The number of aromatic amines is 1. The van der Waals surface area contributed by atoms with Crippen LogP contribution in [0.2, 0.25) is 0 Å². The molecule has 2 aromatic rings. The molecule has 0 aliphatic heterocycles. The van der Waals surface area contributed by atoms with E-state index in [0.29, 0.717) is 18.8 Å². The van der Waals surface area contributed by atoms with Crippen LogP contribution in [0.5, 0.6) is 0 Å². The molecule has 19 heavy (non-hydrogen) atoms. The number of nitrogens with zero attached hydrogens (tertiary/aromatic N) is 3. The molecule has 0 radical (unpaired) electrons. The van der Waals surface area contributed by atoms with E-state index in [9.17, 15) is 4.79 Å². The molecule has 0 aromatic carbocycles. The van der Waals surface area contributed by atoms with Crippen molar-refractivity contribution in [3.8, 4) is 6.07 Å². The number of aromatic nitrogens is 2. The van der Waals surface area contributed by atoms with Crippen molar-refractivity contribution in [3.63, 3.8) is 0 Å². The second kappa shape index (κ2) is 5.40. The lowest BCUT2D eigenvalue weighted by Crippen LogP contribution is -2.25. The lowest BCUT2D eigenvalue weighted by Gasteiger charge is -2.16. The zero-order chi connectivity index (χ0) is 13.8. The first-order valence-electron chi connectivity index (χ1n) is 5.86. The summed E-state index contributed by atoms with van der Waals surface area (Å²) in [6.45, 7) is 2.54. The fourth-order valence-electron chi connectivity index (χ4n) is 1.71. The third-order valence-corrected chi connectivity index (χ3v) is 2.73. The van der Waals surface area contributed by atoms with Gasteiger partial charge >= 0.3 is 5.69 Å². The highest BCUT2D eigenvalue weighted by molar-refractivity contribution is 5.41. The van der Waals surface area contributed by atoms with Gasteiger partial charge in [-0.05, 0) is 19.1 Å². The quantitative estimate of drug-likeness (QED) is 0.891. The molecule has 2 aromatic heterocycles. The maximum Gasteiger partial charge on any atom is 0.347 e. The Bertz CT molecular complexity index is 666. The molecular weight excluding hydrogens is 244 g/mol. The topological polar surface area (TPSA) is 85.9 Å². The summed E-state index contributed by atoms with van der Waals surface area (Å²) in [7, 11) is 1.82. The Morgan fingerprint density at radius 3 is 2.95 bits per heavy atom. The Labute approximate surface area is 110 Å². The highest BCUT2D eigenvalue weighted by Gasteiger charge is 2.07. The molecule has 6 heteroatoms. The summed E-state index contributed by atoms with van der Waals surface area (Å²) >= 11 is 0. The largest absolute Gasteiger partial charge is 0.466 e. The standard InChI is InChI=1S/C13H14N4O2/c1-9-3-4-11(19-9)5-6-17(2)12-7-10(8-14)15-13(18)16-12/h3-4,7H,5-6H2,1-2H3,(H,15,16,18). The number of rotatable bonds is 4. The van der Waals surface area contributed by atoms with Crippen LogP contribution in [0.1, 0.15) is 17.2 Å². The number of hydrogen-bond donors (Lipinski definition) is 1. The van der Waals surface area contributed by atoms with Gasteiger partial charge in [0, 0.05) is 26.1 Å². The van der Waals surface area contributed by atoms with Crippen LogP contribution < -0.4 is 10.6 Å². The van der Waals surface area contributed by atoms with Crippen molar-refractivity contribution in [2.24, 2.45) is 0 Å². The van der Waals surface area contributed by atoms with Crippen LogP contribution in [0.4, 0.5) is 5.82 Å². The summed E-state index contributed by atoms with van der Waals surface area (Å²) in [6, 6.07) is 7.29. The first-order valence-corrected chi connectivity index (χ1v) is 5.86. The highest BCUT2D eigenvalue weighted by atomic mass is 16.3. The van der Waals surface area contributed by atoms with Crippen LogP contribution in [0.25, 0.3) is 0 Å². The number of hydrogen-bond acceptors (Lipinski definition) is 5. The van der Waals surface area contributed by atoms with Crippen LogP contribution in [-0.4, -0.2) is 23.6 Å². The van der Waals surface area contributed by atoms with Crippen LogP contribution in [0, 0.1) is 18.3 Å². The first kappa shape index (κ1) is 12.9. The molecule has 0 aliphatic rings. The van der Waals surface area contributed by atoms with Gasteiger partial charge in [-0.1, -0.05) is 0 Å². The number of nitrogens with one attached hydrogen (secondary N) is 1. The maximum atomic E-state index is 11.3. The molecule has 2 rings (SSSR count). The lowest BCUT2D eigenvalue weighted by molar-refractivity contribution is 0.483. The monoisotopic (exact) mass is 258 g/mol. The molecule has 0 saturated carbocycles. The normalized spacial score (nSPS) is 10.2. The summed E-state index contributed by atoms with van der Waals surface area (Å²) in [5, 5.41) is 8.80. The zero-order valence-corrected chi connectivity index (χ0v) is 10.8. The van der Waals surface area contributed by atoms with Gasteiger partial charge in [-0.2, -0.15) is 10.2 Å². The summed E-state index contributed by atoms with van der Waals surface area (Å²) < 4.78 is 5.47. The van der Waals surface area contributed by atoms with Crippen LogP contribution >= 0.6 is 0 Å². The van der Waals surface area contributed by atoms with Crippen LogP contribution in [0.3, 0.4) is 0 Å². The van der Waals surface area contributed by atoms with Crippen molar-refractivity contribution in [2.75, 3.05) is 18.5 Å². The minimum absolute atomic E-state index is 0.204. The SMILES string of the molecule is Cc1ccc(CCN(C)c2cc(C#N)[nH]c(=O)n2)o1. The van der Waals surface area contributed by atoms with E-state index in [1.807, 2.05) is 37.1 Å². The van der Waals surface area contributed by atoms with Gasteiger partial charge in [-0.15, -0.1) is 0 Å². The average Bonchev–Trinajstić information content (AvgIpc) is 2.81. The molecule has 0 spiro atoms. The van der Waals surface area contributed by atoms with Crippen molar-refractivity contribution in [2.45, 2.75) is 13.3 Å². The second-order valence-corrected chi connectivity index (χ2v) is 4.25. The Kier molecular flexibility index (Phi) is 3.66. The van der Waals surface area contributed by atoms with Crippen molar-refractivity contribution in [1.29, 1.82) is 5.26 Å². The van der Waals surface area contributed by atoms with Gasteiger partial charge in [0.2, 0.25) is 0 Å².